The zero-order valence-electron chi connectivity index (χ0n) is 20.3. The number of urea groups is 1. The minimum atomic E-state index is -4.62. The van der Waals surface area contributed by atoms with Gasteiger partial charge >= 0.3 is 22.4 Å². The van der Waals surface area contributed by atoms with Crippen molar-refractivity contribution in [2.45, 2.75) is 82.8 Å². The van der Waals surface area contributed by atoms with E-state index in [1.54, 1.807) is 6.92 Å². The highest BCUT2D eigenvalue weighted by Crippen LogP contribution is 2.39. The van der Waals surface area contributed by atoms with E-state index in [0.717, 1.165) is 50.3 Å². The van der Waals surface area contributed by atoms with Crippen molar-refractivity contribution in [3.05, 3.63) is 0 Å². The fourth-order valence-corrected chi connectivity index (χ4v) is 6.39. The summed E-state index contributed by atoms with van der Waals surface area (Å²) in [6.07, 6.45) is 6.06. The van der Waals surface area contributed by atoms with Crippen LogP contribution in [0.1, 0.15) is 64.7 Å². The van der Waals surface area contributed by atoms with Crippen molar-refractivity contribution in [1.29, 1.82) is 0 Å². The van der Waals surface area contributed by atoms with Crippen LogP contribution in [0.15, 0.2) is 0 Å². The number of esters is 1. The zero-order valence-corrected chi connectivity index (χ0v) is 21.1. The largest absolute Gasteiger partial charge is 0.465 e. The highest BCUT2D eigenvalue weighted by Gasteiger charge is 2.50. The predicted octanol–water partition coefficient (Wildman–Crippen LogP) is -0.196. The Hall–Kier alpha value is -1.96. The molecule has 3 amide bonds. The van der Waals surface area contributed by atoms with E-state index < -0.39 is 46.5 Å². The van der Waals surface area contributed by atoms with E-state index in [-0.39, 0.29) is 25.1 Å². The molecule has 4 aliphatic rings. The standard InChI is InChI=1S/C22H36N4O8S/c1-2-32-20(28)22(10-4-3-5-11-22)15-33-35(30,31)34-26-17-6-7-18(25(14-17)21(26)29)19(27)24-16-8-12-23-13-9-16/h16-18,23H,2-15H2,1H3,(H,24,27)/p+1/t17-,18+/m1/s1. The van der Waals surface area contributed by atoms with E-state index >= 15 is 0 Å². The summed E-state index contributed by atoms with van der Waals surface area (Å²) in [5, 5.41) is 6.05. The molecule has 35 heavy (non-hydrogen) atoms. The molecule has 198 valence electrons. The van der Waals surface area contributed by atoms with Crippen LogP contribution in [0.2, 0.25) is 0 Å². The van der Waals surface area contributed by atoms with Crippen LogP contribution >= 0.6 is 0 Å². The number of ether oxygens (including phenoxy) is 1. The van der Waals surface area contributed by atoms with Crippen molar-refractivity contribution in [2.24, 2.45) is 5.41 Å². The number of amides is 3. The molecule has 2 atom stereocenters. The number of fused-ring (bicyclic) bond motifs is 2. The number of quaternary nitrogens is 1. The summed E-state index contributed by atoms with van der Waals surface area (Å²) in [6, 6.07) is -1.73. The molecule has 4 rings (SSSR count). The molecular weight excluding hydrogens is 480 g/mol. The fraction of sp³-hybridized carbons (Fsp3) is 0.864. The van der Waals surface area contributed by atoms with Crippen molar-refractivity contribution in [1.82, 2.24) is 15.3 Å². The van der Waals surface area contributed by atoms with Crippen LogP contribution < -0.4 is 10.6 Å². The highest BCUT2D eigenvalue weighted by atomic mass is 32.3. The van der Waals surface area contributed by atoms with Crippen molar-refractivity contribution < 1.29 is 41.3 Å². The van der Waals surface area contributed by atoms with Crippen molar-refractivity contribution in [2.75, 3.05) is 32.8 Å². The first-order valence-corrected chi connectivity index (χ1v) is 14.1. The summed E-state index contributed by atoms with van der Waals surface area (Å²) in [4.78, 5) is 39.8. The molecule has 0 radical (unpaired) electrons. The molecule has 0 aromatic rings. The number of piperidine rings is 2. The summed E-state index contributed by atoms with van der Waals surface area (Å²) >= 11 is 0. The number of carbonyl (C=O) groups excluding carboxylic acids is 3. The lowest BCUT2D eigenvalue weighted by Gasteiger charge is -2.34. The SMILES string of the molecule is CCOC(=O)C1(COS(=O)(=O)ON2C(=O)N3C[C@H]2CC[C@H]3C(=O)NC2CC[NH2+]CC2)CCCCC1. The van der Waals surface area contributed by atoms with Crippen LogP contribution in [0.3, 0.4) is 0 Å². The van der Waals surface area contributed by atoms with Gasteiger partial charge in [0.05, 0.1) is 37.8 Å². The van der Waals surface area contributed by atoms with Crippen LogP contribution in [0.25, 0.3) is 0 Å². The van der Waals surface area contributed by atoms with Crippen LogP contribution in [-0.2, 0) is 33.2 Å². The quantitative estimate of drug-likeness (QED) is 0.400. The number of hydroxylamine groups is 2. The Kier molecular flexibility index (Phi) is 8.19. The van der Waals surface area contributed by atoms with Gasteiger partial charge in [0.25, 0.3) is 0 Å². The summed E-state index contributed by atoms with van der Waals surface area (Å²) < 4.78 is 40.7. The van der Waals surface area contributed by atoms with Gasteiger partial charge in [-0.05, 0) is 32.6 Å². The normalized spacial score (nSPS) is 27.1. The van der Waals surface area contributed by atoms with Crippen LogP contribution in [-0.4, -0.2) is 87.3 Å². The molecule has 0 spiro atoms. The summed E-state index contributed by atoms with van der Waals surface area (Å²) in [5.74, 6) is -0.683. The van der Waals surface area contributed by atoms with E-state index in [4.69, 9.17) is 13.2 Å². The monoisotopic (exact) mass is 517 g/mol. The molecule has 3 heterocycles. The first kappa shape index (κ1) is 26.1. The Labute approximate surface area is 206 Å². The van der Waals surface area contributed by atoms with E-state index in [1.807, 2.05) is 0 Å². The molecular formula is C22H37N4O8S+. The number of rotatable bonds is 9. The zero-order chi connectivity index (χ0) is 25.1. The van der Waals surface area contributed by atoms with Gasteiger partial charge in [0.15, 0.2) is 0 Å². The molecule has 3 N–H and O–H groups in total. The maximum Gasteiger partial charge on any atom is 0.421 e. The Morgan fingerprint density at radius 3 is 2.51 bits per heavy atom. The molecule has 0 aromatic heterocycles. The molecule has 0 unspecified atom stereocenters. The minimum absolute atomic E-state index is 0.0931. The van der Waals surface area contributed by atoms with Gasteiger partial charge in [-0.3, -0.25) is 9.59 Å². The second kappa shape index (κ2) is 11.0. The number of nitrogens with one attached hydrogen (secondary N) is 1. The van der Waals surface area contributed by atoms with Gasteiger partial charge in [0, 0.05) is 25.4 Å². The number of hydrogen-bond donors (Lipinski definition) is 2. The van der Waals surface area contributed by atoms with Crippen LogP contribution in [0, 0.1) is 5.41 Å². The minimum Gasteiger partial charge on any atom is -0.465 e. The average molecular weight is 518 g/mol. The number of carbonyl (C=O) groups is 3. The third-order valence-corrected chi connectivity index (χ3v) is 8.33. The Morgan fingerprint density at radius 2 is 1.83 bits per heavy atom. The predicted molar refractivity (Wildman–Crippen MR) is 122 cm³/mol. The fourth-order valence-electron chi connectivity index (χ4n) is 5.60. The second-order valence-corrected chi connectivity index (χ2v) is 11.2. The molecule has 3 saturated heterocycles. The van der Waals surface area contributed by atoms with Gasteiger partial charge in [0.1, 0.15) is 6.04 Å². The molecule has 12 nitrogen and oxygen atoms in total. The van der Waals surface area contributed by atoms with Gasteiger partial charge < -0.3 is 20.3 Å². The van der Waals surface area contributed by atoms with Crippen LogP contribution in [0.4, 0.5) is 4.79 Å². The third-order valence-electron chi connectivity index (χ3n) is 7.58. The van der Waals surface area contributed by atoms with Gasteiger partial charge in [-0.1, -0.05) is 19.3 Å². The van der Waals surface area contributed by atoms with Gasteiger partial charge in [-0.15, -0.1) is 4.28 Å². The van der Waals surface area contributed by atoms with E-state index in [0.29, 0.717) is 25.7 Å². The molecule has 1 saturated carbocycles. The smallest absolute Gasteiger partial charge is 0.421 e. The van der Waals surface area contributed by atoms with Crippen molar-refractivity contribution >= 4 is 28.3 Å². The highest BCUT2D eigenvalue weighted by molar-refractivity contribution is 7.81. The van der Waals surface area contributed by atoms with Gasteiger partial charge in [-0.2, -0.15) is 13.5 Å². The molecule has 1 aliphatic carbocycles. The first-order chi connectivity index (χ1) is 16.7. The molecule has 4 fully saturated rings. The lowest BCUT2D eigenvalue weighted by atomic mass is 9.75. The Balaban J connectivity index is 1.36. The third kappa shape index (κ3) is 5.89. The Morgan fingerprint density at radius 1 is 1.11 bits per heavy atom. The average Bonchev–Trinajstić information content (AvgIpc) is 3.08. The first-order valence-electron chi connectivity index (χ1n) is 12.7. The van der Waals surface area contributed by atoms with Crippen LogP contribution in [0.5, 0.6) is 0 Å². The topological polar surface area (TPSA) is 148 Å². The summed E-state index contributed by atoms with van der Waals surface area (Å²) in [7, 11) is -4.62. The van der Waals surface area contributed by atoms with Crippen molar-refractivity contribution in [3.8, 4) is 0 Å². The maximum absolute atomic E-state index is 13.0. The molecule has 3 aliphatic heterocycles. The summed E-state index contributed by atoms with van der Waals surface area (Å²) in [5.41, 5.74) is -1.04. The summed E-state index contributed by atoms with van der Waals surface area (Å²) in [6.45, 7) is 3.61. The number of nitrogens with two attached hydrogens (primary N) is 1. The molecule has 13 heteroatoms. The second-order valence-electron chi connectivity index (χ2n) is 9.96. The van der Waals surface area contributed by atoms with E-state index in [9.17, 15) is 22.8 Å². The van der Waals surface area contributed by atoms with E-state index in [2.05, 4.69) is 10.6 Å². The van der Waals surface area contributed by atoms with Gasteiger partial charge in [0.2, 0.25) is 5.91 Å². The van der Waals surface area contributed by atoms with Gasteiger partial charge in [-0.25, -0.2) is 8.98 Å². The Bertz CT molecular complexity index is 901. The lowest BCUT2D eigenvalue weighted by molar-refractivity contribution is -0.663. The van der Waals surface area contributed by atoms with Crippen molar-refractivity contribution in [3.63, 3.8) is 0 Å². The lowest BCUT2D eigenvalue weighted by Crippen LogP contribution is -2.87. The number of hydrogen-bond acceptors (Lipinski definition) is 8. The molecule has 2 bridgehead atoms. The number of nitrogens with zero attached hydrogens (tertiary/aromatic N) is 2. The van der Waals surface area contributed by atoms with E-state index in [1.165, 1.54) is 4.90 Å². The molecule has 0 aromatic carbocycles. The maximum atomic E-state index is 13.0.